The fourth-order valence-electron chi connectivity index (χ4n) is 1.18. The van der Waals surface area contributed by atoms with Crippen molar-refractivity contribution in [3.8, 4) is 5.82 Å². The van der Waals surface area contributed by atoms with Crippen LogP contribution in [0.3, 0.4) is 0 Å². The van der Waals surface area contributed by atoms with Gasteiger partial charge < -0.3 is 10.5 Å². The number of hydrogen-bond acceptors (Lipinski definition) is 6. The number of aromatic nitrogens is 4. The van der Waals surface area contributed by atoms with Crippen molar-refractivity contribution in [2.24, 2.45) is 0 Å². The molecule has 2 aromatic heterocycles. The third-order valence-corrected chi connectivity index (χ3v) is 1.92. The Morgan fingerprint density at radius 3 is 3.00 bits per heavy atom. The number of carbonyl (C=O) groups excluding carboxylic acids is 1. The van der Waals surface area contributed by atoms with Crippen LogP contribution in [-0.4, -0.2) is 32.8 Å². The third-order valence-electron chi connectivity index (χ3n) is 1.92. The Balaban J connectivity index is 2.42. The topological polar surface area (TPSA) is 95.9 Å². The maximum atomic E-state index is 11.3. The van der Waals surface area contributed by atoms with Gasteiger partial charge in [-0.25, -0.2) is 19.4 Å². The number of hydrogen-bond donors (Lipinski definition) is 1. The Labute approximate surface area is 90.9 Å². The van der Waals surface area contributed by atoms with Gasteiger partial charge in [0.15, 0.2) is 11.5 Å². The fraction of sp³-hybridized carbons (Fsp3) is 0.111. The number of nitrogens with zero attached hydrogens (tertiary/aromatic N) is 4. The molecule has 16 heavy (non-hydrogen) atoms. The summed E-state index contributed by atoms with van der Waals surface area (Å²) < 4.78 is 5.93. The summed E-state index contributed by atoms with van der Waals surface area (Å²) in [5.74, 6) is -0.0536. The van der Waals surface area contributed by atoms with Crippen molar-refractivity contribution in [2.45, 2.75) is 0 Å². The molecule has 2 rings (SSSR count). The van der Waals surface area contributed by atoms with Gasteiger partial charge in [-0.1, -0.05) is 0 Å². The first-order valence-electron chi connectivity index (χ1n) is 4.42. The molecular weight excluding hydrogens is 210 g/mol. The van der Waals surface area contributed by atoms with Crippen molar-refractivity contribution in [3.63, 3.8) is 0 Å². The predicted octanol–water partition coefficient (Wildman–Crippen LogP) is 0.0311. The molecule has 0 unspecified atom stereocenters. The molecule has 7 heteroatoms. The molecule has 0 aliphatic rings. The van der Waals surface area contributed by atoms with Gasteiger partial charge in [0.2, 0.25) is 0 Å². The zero-order valence-electron chi connectivity index (χ0n) is 8.49. The standard InChI is InChI=1S/C9H9N5O2/c1-16-9(15)8-6(10)4-14(13-8)7-2-3-11-5-12-7/h2-5H,10H2,1H3. The Hall–Kier alpha value is -2.44. The zero-order chi connectivity index (χ0) is 11.5. The largest absolute Gasteiger partial charge is 0.464 e. The molecule has 0 aliphatic heterocycles. The Morgan fingerprint density at radius 2 is 2.38 bits per heavy atom. The minimum absolute atomic E-state index is 0.0705. The summed E-state index contributed by atoms with van der Waals surface area (Å²) in [6, 6.07) is 1.65. The van der Waals surface area contributed by atoms with Gasteiger partial charge in [-0.2, -0.15) is 5.10 Å². The molecule has 0 aliphatic carbocycles. The first-order chi connectivity index (χ1) is 7.72. The van der Waals surface area contributed by atoms with E-state index in [-0.39, 0.29) is 11.4 Å². The zero-order valence-corrected chi connectivity index (χ0v) is 8.49. The lowest BCUT2D eigenvalue weighted by Crippen LogP contribution is -2.06. The molecule has 2 aromatic rings. The van der Waals surface area contributed by atoms with Crippen molar-refractivity contribution >= 4 is 11.7 Å². The maximum Gasteiger partial charge on any atom is 0.360 e. The summed E-state index contributed by atoms with van der Waals surface area (Å²) in [5, 5.41) is 3.98. The monoisotopic (exact) mass is 219 g/mol. The molecule has 0 saturated heterocycles. The van der Waals surface area contributed by atoms with Gasteiger partial charge in [0.05, 0.1) is 19.0 Å². The lowest BCUT2D eigenvalue weighted by molar-refractivity contribution is 0.0594. The van der Waals surface area contributed by atoms with Crippen LogP contribution >= 0.6 is 0 Å². The summed E-state index contributed by atoms with van der Waals surface area (Å²) in [7, 11) is 1.27. The van der Waals surface area contributed by atoms with Crippen LogP contribution in [0.5, 0.6) is 0 Å². The van der Waals surface area contributed by atoms with Gasteiger partial charge in [0, 0.05) is 12.3 Å². The van der Waals surface area contributed by atoms with E-state index in [2.05, 4.69) is 19.8 Å². The van der Waals surface area contributed by atoms with Gasteiger partial charge in [-0.05, 0) is 0 Å². The Bertz CT molecular complexity index is 508. The summed E-state index contributed by atoms with van der Waals surface area (Å²) in [6.45, 7) is 0. The highest BCUT2D eigenvalue weighted by Crippen LogP contribution is 2.12. The average molecular weight is 219 g/mol. The molecule has 7 nitrogen and oxygen atoms in total. The Morgan fingerprint density at radius 1 is 1.56 bits per heavy atom. The summed E-state index contributed by atoms with van der Waals surface area (Å²) in [6.07, 6.45) is 4.44. The summed E-state index contributed by atoms with van der Waals surface area (Å²) in [4.78, 5) is 19.0. The van der Waals surface area contributed by atoms with Crippen molar-refractivity contribution in [1.29, 1.82) is 0 Å². The van der Waals surface area contributed by atoms with Crippen molar-refractivity contribution < 1.29 is 9.53 Å². The molecule has 0 saturated carbocycles. The molecule has 2 N–H and O–H groups in total. The van der Waals surface area contributed by atoms with Crippen molar-refractivity contribution in [1.82, 2.24) is 19.7 Å². The summed E-state index contributed by atoms with van der Waals surface area (Å²) >= 11 is 0. The molecule has 82 valence electrons. The minimum Gasteiger partial charge on any atom is -0.464 e. The Kier molecular flexibility index (Phi) is 2.50. The lowest BCUT2D eigenvalue weighted by atomic mass is 10.4. The van der Waals surface area contributed by atoms with E-state index in [1.807, 2.05) is 0 Å². The van der Waals surface area contributed by atoms with Crippen LogP contribution in [0.15, 0.2) is 24.8 Å². The quantitative estimate of drug-likeness (QED) is 0.716. The number of anilines is 1. The van der Waals surface area contributed by atoms with Gasteiger partial charge in [0.1, 0.15) is 6.33 Å². The van der Waals surface area contributed by atoms with E-state index in [1.165, 1.54) is 24.3 Å². The number of ether oxygens (including phenoxy) is 1. The molecule has 0 atom stereocenters. The van der Waals surface area contributed by atoms with Gasteiger partial charge in [-0.15, -0.1) is 0 Å². The predicted molar refractivity (Wildman–Crippen MR) is 54.9 cm³/mol. The number of carbonyl (C=O) groups is 1. The second-order valence-corrected chi connectivity index (χ2v) is 2.94. The van der Waals surface area contributed by atoms with Crippen LogP contribution in [0.1, 0.15) is 10.5 Å². The maximum absolute atomic E-state index is 11.3. The number of rotatable bonds is 2. The molecule has 0 amide bonds. The van der Waals surface area contributed by atoms with E-state index < -0.39 is 5.97 Å². The summed E-state index contributed by atoms with van der Waals surface area (Å²) in [5.41, 5.74) is 5.94. The second-order valence-electron chi connectivity index (χ2n) is 2.94. The van der Waals surface area contributed by atoms with Gasteiger partial charge in [0.25, 0.3) is 0 Å². The van der Waals surface area contributed by atoms with Crippen LogP contribution in [-0.2, 0) is 4.74 Å². The van der Waals surface area contributed by atoms with Crippen LogP contribution in [0.4, 0.5) is 5.69 Å². The highest BCUT2D eigenvalue weighted by molar-refractivity contribution is 5.92. The molecular formula is C9H9N5O2. The number of esters is 1. The molecule has 0 aromatic carbocycles. The third kappa shape index (κ3) is 1.70. The first kappa shape index (κ1) is 10.1. The van der Waals surface area contributed by atoms with Crippen LogP contribution < -0.4 is 5.73 Å². The number of methoxy groups -OCH3 is 1. The van der Waals surface area contributed by atoms with Crippen LogP contribution in [0.25, 0.3) is 5.82 Å². The van der Waals surface area contributed by atoms with E-state index in [9.17, 15) is 4.79 Å². The minimum atomic E-state index is -0.578. The van der Waals surface area contributed by atoms with Crippen molar-refractivity contribution in [2.75, 3.05) is 12.8 Å². The van der Waals surface area contributed by atoms with Crippen LogP contribution in [0, 0.1) is 0 Å². The second kappa shape index (κ2) is 3.97. The molecule has 0 fully saturated rings. The molecule has 0 radical (unpaired) electrons. The highest BCUT2D eigenvalue weighted by atomic mass is 16.5. The van der Waals surface area contributed by atoms with E-state index in [0.717, 1.165) is 0 Å². The normalized spacial score (nSPS) is 10.1. The fourth-order valence-corrected chi connectivity index (χ4v) is 1.18. The van der Waals surface area contributed by atoms with Gasteiger partial charge in [-0.3, -0.25) is 0 Å². The lowest BCUT2D eigenvalue weighted by Gasteiger charge is -1.97. The molecule has 0 bridgehead atoms. The first-order valence-corrected chi connectivity index (χ1v) is 4.42. The van der Waals surface area contributed by atoms with E-state index in [1.54, 1.807) is 12.3 Å². The van der Waals surface area contributed by atoms with E-state index in [4.69, 9.17) is 5.73 Å². The van der Waals surface area contributed by atoms with E-state index in [0.29, 0.717) is 5.82 Å². The SMILES string of the molecule is COC(=O)c1nn(-c2ccncn2)cc1N. The van der Waals surface area contributed by atoms with Crippen LogP contribution in [0.2, 0.25) is 0 Å². The number of nitrogen functional groups attached to an aromatic ring is 1. The van der Waals surface area contributed by atoms with Crippen molar-refractivity contribution in [3.05, 3.63) is 30.5 Å². The average Bonchev–Trinajstić information content (AvgIpc) is 2.71. The smallest absolute Gasteiger partial charge is 0.360 e. The van der Waals surface area contributed by atoms with Gasteiger partial charge >= 0.3 is 5.97 Å². The molecule has 0 spiro atoms. The molecule has 2 heterocycles. The van der Waals surface area contributed by atoms with E-state index >= 15 is 0 Å². The number of nitrogens with two attached hydrogens (primary N) is 1. The highest BCUT2D eigenvalue weighted by Gasteiger charge is 2.15.